The summed E-state index contributed by atoms with van der Waals surface area (Å²) in [6.45, 7) is 2.44. The van der Waals surface area contributed by atoms with Gasteiger partial charge in [-0.25, -0.2) is 0 Å². The minimum Gasteiger partial charge on any atom is -0.497 e. The van der Waals surface area contributed by atoms with Gasteiger partial charge >= 0.3 is 0 Å². The molecule has 0 N–H and O–H groups in total. The van der Waals surface area contributed by atoms with Gasteiger partial charge in [-0.05, 0) is 30.3 Å². The molecule has 2 heterocycles. The number of amides is 1. The smallest absolute Gasteiger partial charge is 0.272 e. The van der Waals surface area contributed by atoms with Crippen molar-refractivity contribution in [3.05, 3.63) is 70.4 Å². The van der Waals surface area contributed by atoms with Crippen molar-refractivity contribution in [2.75, 3.05) is 38.2 Å². The van der Waals surface area contributed by atoms with Crippen molar-refractivity contribution in [1.29, 1.82) is 0 Å². The first-order valence-electron chi connectivity index (χ1n) is 9.93. The van der Waals surface area contributed by atoms with Crippen LogP contribution < -0.4 is 9.64 Å². The molecule has 1 aliphatic rings. The number of hydrogen-bond donors (Lipinski definition) is 0. The summed E-state index contributed by atoms with van der Waals surface area (Å²) in [7, 11) is 3.38. The van der Waals surface area contributed by atoms with Gasteiger partial charge in [-0.15, -0.1) is 0 Å². The highest BCUT2D eigenvalue weighted by Gasteiger charge is 2.25. The molecule has 0 aliphatic carbocycles. The number of methoxy groups -OCH3 is 1. The molecule has 0 saturated carbocycles. The molecule has 4 rings (SSSR count). The van der Waals surface area contributed by atoms with Gasteiger partial charge in [0.1, 0.15) is 11.4 Å². The Morgan fingerprint density at radius 1 is 1.06 bits per heavy atom. The molecule has 1 fully saturated rings. The van der Waals surface area contributed by atoms with Crippen LogP contribution in [0.15, 0.2) is 54.6 Å². The maximum atomic E-state index is 13.1. The Morgan fingerprint density at radius 2 is 1.77 bits per heavy atom. The van der Waals surface area contributed by atoms with Crippen molar-refractivity contribution in [2.24, 2.45) is 7.05 Å². The van der Waals surface area contributed by atoms with Crippen molar-refractivity contribution in [2.45, 2.75) is 0 Å². The van der Waals surface area contributed by atoms with Gasteiger partial charge in [-0.3, -0.25) is 19.6 Å². The maximum absolute atomic E-state index is 13.1. The number of carbonyl (C=O) groups is 1. The summed E-state index contributed by atoms with van der Waals surface area (Å²) in [4.78, 5) is 27.5. The van der Waals surface area contributed by atoms with E-state index >= 15 is 0 Å². The van der Waals surface area contributed by atoms with Crippen molar-refractivity contribution < 1.29 is 14.5 Å². The van der Waals surface area contributed by atoms with Crippen molar-refractivity contribution in [3.63, 3.8) is 0 Å². The van der Waals surface area contributed by atoms with E-state index in [0.717, 1.165) is 17.0 Å². The zero-order valence-corrected chi connectivity index (χ0v) is 17.4. The van der Waals surface area contributed by atoms with Crippen LogP contribution >= 0.6 is 0 Å². The lowest BCUT2D eigenvalue weighted by molar-refractivity contribution is -0.384. The molecule has 0 bridgehead atoms. The van der Waals surface area contributed by atoms with Crippen LogP contribution in [0.3, 0.4) is 0 Å². The minimum absolute atomic E-state index is 0.0625. The second-order valence-electron chi connectivity index (χ2n) is 7.32. The molecule has 0 unspecified atom stereocenters. The van der Waals surface area contributed by atoms with E-state index in [-0.39, 0.29) is 11.6 Å². The summed E-state index contributed by atoms with van der Waals surface area (Å²) in [6, 6.07) is 15.9. The van der Waals surface area contributed by atoms with Crippen molar-refractivity contribution in [1.82, 2.24) is 14.7 Å². The van der Waals surface area contributed by atoms with Gasteiger partial charge in [0.05, 0.1) is 17.7 Å². The number of rotatable bonds is 5. The lowest BCUT2D eigenvalue weighted by atomic mass is 10.1. The van der Waals surface area contributed by atoms with Crippen LogP contribution in [-0.4, -0.2) is 58.8 Å². The zero-order valence-electron chi connectivity index (χ0n) is 17.4. The fourth-order valence-corrected chi connectivity index (χ4v) is 3.71. The highest BCUT2D eigenvalue weighted by Crippen LogP contribution is 2.25. The zero-order chi connectivity index (χ0) is 22.0. The Hall–Kier alpha value is -3.88. The van der Waals surface area contributed by atoms with E-state index in [4.69, 9.17) is 4.74 Å². The fourth-order valence-electron chi connectivity index (χ4n) is 3.71. The number of aryl methyl sites for hydroxylation is 1. The molecule has 1 amide bonds. The summed E-state index contributed by atoms with van der Waals surface area (Å²) in [5, 5.41) is 15.3. The van der Waals surface area contributed by atoms with Crippen LogP contribution in [0.25, 0.3) is 11.3 Å². The number of benzene rings is 2. The van der Waals surface area contributed by atoms with E-state index in [2.05, 4.69) is 10.00 Å². The number of nitro groups is 1. The standard InChI is InChI=1S/C22H23N5O4/c1-24-21(15-20(23-24)16-4-3-5-19(14-16)31-2)22(28)26-12-10-25(11-13-26)17-6-8-18(9-7-17)27(29)30/h3-9,14-15H,10-13H2,1-2H3. The first-order chi connectivity index (χ1) is 15.0. The fraction of sp³-hybridized carbons (Fsp3) is 0.273. The number of piperazine rings is 1. The second kappa shape index (κ2) is 8.47. The molecule has 2 aromatic carbocycles. The molecular weight excluding hydrogens is 398 g/mol. The number of nitrogens with zero attached hydrogens (tertiary/aromatic N) is 5. The quantitative estimate of drug-likeness (QED) is 0.464. The molecular formula is C22H23N5O4. The average molecular weight is 421 g/mol. The molecule has 9 nitrogen and oxygen atoms in total. The van der Waals surface area contributed by atoms with Crippen LogP contribution in [0.1, 0.15) is 10.5 Å². The van der Waals surface area contributed by atoms with Crippen LogP contribution in [-0.2, 0) is 7.05 Å². The van der Waals surface area contributed by atoms with Crippen LogP contribution in [0.4, 0.5) is 11.4 Å². The minimum atomic E-state index is -0.409. The Labute approximate surface area is 179 Å². The summed E-state index contributed by atoms with van der Waals surface area (Å²) < 4.78 is 6.88. The second-order valence-corrected chi connectivity index (χ2v) is 7.32. The molecule has 160 valence electrons. The van der Waals surface area contributed by atoms with E-state index in [1.165, 1.54) is 12.1 Å². The van der Waals surface area contributed by atoms with E-state index in [0.29, 0.717) is 37.6 Å². The van der Waals surface area contributed by atoms with E-state index in [1.807, 2.05) is 29.2 Å². The normalized spacial score (nSPS) is 13.9. The van der Waals surface area contributed by atoms with Gasteiger partial charge in [-0.1, -0.05) is 12.1 Å². The predicted octanol–water partition coefficient (Wildman–Crippen LogP) is 2.97. The summed E-state index contributed by atoms with van der Waals surface area (Å²) >= 11 is 0. The highest BCUT2D eigenvalue weighted by atomic mass is 16.6. The number of aromatic nitrogens is 2. The Kier molecular flexibility index (Phi) is 5.57. The topological polar surface area (TPSA) is 93.7 Å². The molecule has 1 saturated heterocycles. The third-order valence-corrected chi connectivity index (χ3v) is 5.46. The number of hydrogen-bond acceptors (Lipinski definition) is 6. The van der Waals surface area contributed by atoms with Crippen LogP contribution in [0.5, 0.6) is 5.75 Å². The average Bonchev–Trinajstić information content (AvgIpc) is 3.20. The number of ether oxygens (including phenoxy) is 1. The number of non-ortho nitro benzene ring substituents is 1. The number of carbonyl (C=O) groups excluding carboxylic acids is 1. The Morgan fingerprint density at radius 3 is 2.42 bits per heavy atom. The number of nitro benzene ring substituents is 1. The predicted molar refractivity (Wildman–Crippen MR) is 116 cm³/mol. The molecule has 0 spiro atoms. The molecule has 1 aromatic heterocycles. The SMILES string of the molecule is COc1cccc(-c2cc(C(=O)N3CCN(c4ccc([N+](=O)[O-])cc4)CC3)n(C)n2)c1. The summed E-state index contributed by atoms with van der Waals surface area (Å²) in [6.07, 6.45) is 0. The molecule has 0 atom stereocenters. The van der Waals surface area contributed by atoms with Crippen LogP contribution in [0.2, 0.25) is 0 Å². The summed E-state index contributed by atoms with van der Waals surface area (Å²) in [5.41, 5.74) is 3.12. The van der Waals surface area contributed by atoms with Gasteiger partial charge in [0.2, 0.25) is 0 Å². The van der Waals surface area contributed by atoms with Gasteiger partial charge in [0.25, 0.3) is 11.6 Å². The Balaban J connectivity index is 1.44. The largest absolute Gasteiger partial charge is 0.497 e. The highest BCUT2D eigenvalue weighted by molar-refractivity contribution is 5.94. The van der Waals surface area contributed by atoms with E-state index in [1.54, 1.807) is 37.0 Å². The molecule has 0 radical (unpaired) electrons. The molecule has 3 aromatic rings. The van der Waals surface area contributed by atoms with Gasteiger partial charge in [0, 0.05) is 56.6 Å². The van der Waals surface area contributed by atoms with E-state index in [9.17, 15) is 14.9 Å². The van der Waals surface area contributed by atoms with Crippen molar-refractivity contribution >= 4 is 17.3 Å². The molecule has 1 aliphatic heterocycles. The maximum Gasteiger partial charge on any atom is 0.272 e. The Bertz CT molecular complexity index is 1100. The number of anilines is 1. The lowest BCUT2D eigenvalue weighted by Crippen LogP contribution is -2.49. The monoisotopic (exact) mass is 421 g/mol. The first-order valence-corrected chi connectivity index (χ1v) is 9.93. The summed E-state index contributed by atoms with van der Waals surface area (Å²) in [5.74, 6) is 0.672. The van der Waals surface area contributed by atoms with Gasteiger partial charge in [0.15, 0.2) is 0 Å². The molecule has 31 heavy (non-hydrogen) atoms. The van der Waals surface area contributed by atoms with Gasteiger partial charge in [-0.2, -0.15) is 5.10 Å². The third-order valence-electron chi connectivity index (χ3n) is 5.46. The van der Waals surface area contributed by atoms with Crippen molar-refractivity contribution in [3.8, 4) is 17.0 Å². The van der Waals surface area contributed by atoms with E-state index < -0.39 is 4.92 Å². The van der Waals surface area contributed by atoms with Gasteiger partial charge < -0.3 is 14.5 Å². The molecule has 9 heteroatoms. The lowest BCUT2D eigenvalue weighted by Gasteiger charge is -2.36. The first kappa shape index (κ1) is 20.4. The third kappa shape index (κ3) is 4.20. The van der Waals surface area contributed by atoms with Crippen LogP contribution in [0, 0.1) is 10.1 Å².